The standard InChI is InChI=1S/C20H19N3O3S/c1-15-13-18(27(25,26)22-14-17-9-5-6-12-21-17)10-11-19(15)23-20(24)16-7-3-2-4-8-16/h2-13,22H,14H2,1H3,(H,23,24). The molecule has 0 saturated carbocycles. The van der Waals surface area contributed by atoms with Crippen LogP contribution in [0.2, 0.25) is 0 Å². The Morgan fingerprint density at radius 1 is 1.00 bits per heavy atom. The van der Waals surface area contributed by atoms with Gasteiger partial charge < -0.3 is 5.32 Å². The fourth-order valence-electron chi connectivity index (χ4n) is 2.48. The van der Waals surface area contributed by atoms with Gasteiger partial charge in [-0.05, 0) is 55.0 Å². The Bertz CT molecular complexity index is 1040. The molecule has 0 atom stereocenters. The van der Waals surface area contributed by atoms with E-state index in [0.717, 1.165) is 0 Å². The maximum absolute atomic E-state index is 12.5. The second kappa shape index (κ2) is 8.11. The van der Waals surface area contributed by atoms with Gasteiger partial charge in [-0.1, -0.05) is 24.3 Å². The molecule has 7 heteroatoms. The van der Waals surface area contributed by atoms with Crippen LogP contribution in [0.1, 0.15) is 21.6 Å². The number of aromatic nitrogens is 1. The highest BCUT2D eigenvalue weighted by Gasteiger charge is 2.16. The Morgan fingerprint density at radius 3 is 2.41 bits per heavy atom. The Kier molecular flexibility index (Phi) is 5.63. The second-order valence-corrected chi connectivity index (χ2v) is 7.71. The van der Waals surface area contributed by atoms with Crippen molar-refractivity contribution in [2.75, 3.05) is 5.32 Å². The first-order valence-electron chi connectivity index (χ1n) is 8.32. The van der Waals surface area contributed by atoms with Gasteiger partial charge in [0.15, 0.2) is 0 Å². The van der Waals surface area contributed by atoms with Crippen molar-refractivity contribution in [2.24, 2.45) is 0 Å². The highest BCUT2D eigenvalue weighted by Crippen LogP contribution is 2.20. The first-order valence-corrected chi connectivity index (χ1v) is 9.81. The van der Waals surface area contributed by atoms with Gasteiger partial charge in [0, 0.05) is 17.4 Å². The molecule has 0 aliphatic carbocycles. The molecule has 0 unspecified atom stereocenters. The summed E-state index contributed by atoms with van der Waals surface area (Å²) in [5, 5.41) is 2.80. The fraction of sp³-hybridized carbons (Fsp3) is 0.100. The maximum Gasteiger partial charge on any atom is 0.255 e. The number of amides is 1. The lowest BCUT2D eigenvalue weighted by Gasteiger charge is -2.11. The third-order valence-electron chi connectivity index (χ3n) is 3.96. The zero-order valence-electron chi connectivity index (χ0n) is 14.7. The number of rotatable bonds is 6. The van der Waals surface area contributed by atoms with Crippen LogP contribution in [0.5, 0.6) is 0 Å². The Balaban J connectivity index is 1.72. The Morgan fingerprint density at radius 2 is 1.74 bits per heavy atom. The molecule has 1 aromatic heterocycles. The number of hydrogen-bond donors (Lipinski definition) is 2. The van der Waals surface area contributed by atoms with Crippen molar-refractivity contribution in [1.29, 1.82) is 0 Å². The van der Waals surface area contributed by atoms with Crippen LogP contribution in [-0.4, -0.2) is 19.3 Å². The molecule has 1 heterocycles. The van der Waals surface area contributed by atoms with Crippen molar-refractivity contribution in [3.8, 4) is 0 Å². The molecule has 3 aromatic rings. The minimum absolute atomic E-state index is 0.106. The summed E-state index contributed by atoms with van der Waals surface area (Å²) >= 11 is 0. The molecule has 6 nitrogen and oxygen atoms in total. The van der Waals surface area contributed by atoms with Crippen LogP contribution in [0.3, 0.4) is 0 Å². The van der Waals surface area contributed by atoms with E-state index >= 15 is 0 Å². The van der Waals surface area contributed by atoms with Gasteiger partial charge in [-0.3, -0.25) is 9.78 Å². The Labute approximate surface area is 158 Å². The normalized spacial score (nSPS) is 11.1. The lowest BCUT2D eigenvalue weighted by Crippen LogP contribution is -2.24. The molecular formula is C20H19N3O3S. The van der Waals surface area contributed by atoms with E-state index in [-0.39, 0.29) is 17.3 Å². The van der Waals surface area contributed by atoms with Crippen molar-refractivity contribution in [2.45, 2.75) is 18.4 Å². The smallest absolute Gasteiger partial charge is 0.255 e. The summed E-state index contributed by atoms with van der Waals surface area (Å²) in [5.74, 6) is -0.248. The number of aryl methyl sites for hydroxylation is 1. The number of sulfonamides is 1. The lowest BCUT2D eigenvalue weighted by atomic mass is 10.1. The first kappa shape index (κ1) is 18.8. The van der Waals surface area contributed by atoms with Crippen LogP contribution < -0.4 is 10.0 Å². The van der Waals surface area contributed by atoms with Crippen LogP contribution in [-0.2, 0) is 16.6 Å². The number of benzene rings is 2. The van der Waals surface area contributed by atoms with Gasteiger partial charge in [-0.2, -0.15) is 0 Å². The van der Waals surface area contributed by atoms with Crippen molar-refractivity contribution in [3.63, 3.8) is 0 Å². The van der Waals surface area contributed by atoms with E-state index in [1.165, 1.54) is 12.1 Å². The minimum Gasteiger partial charge on any atom is -0.322 e. The fourth-order valence-corrected chi connectivity index (χ4v) is 3.57. The zero-order chi connectivity index (χ0) is 19.3. The monoisotopic (exact) mass is 381 g/mol. The molecule has 27 heavy (non-hydrogen) atoms. The summed E-state index contributed by atoms with van der Waals surface area (Å²) in [4.78, 5) is 16.5. The Hall–Kier alpha value is -3.03. The number of nitrogens with zero attached hydrogens (tertiary/aromatic N) is 1. The topological polar surface area (TPSA) is 88.2 Å². The number of pyridine rings is 1. The molecule has 0 aliphatic rings. The summed E-state index contributed by atoms with van der Waals surface area (Å²) in [6.07, 6.45) is 1.61. The van der Waals surface area contributed by atoms with Gasteiger partial charge in [-0.25, -0.2) is 13.1 Å². The van der Waals surface area contributed by atoms with Crippen molar-refractivity contribution in [1.82, 2.24) is 9.71 Å². The number of hydrogen-bond acceptors (Lipinski definition) is 4. The molecule has 0 spiro atoms. The average Bonchev–Trinajstić information content (AvgIpc) is 2.69. The summed E-state index contributed by atoms with van der Waals surface area (Å²) < 4.78 is 27.5. The number of anilines is 1. The molecule has 0 aliphatic heterocycles. The van der Waals surface area contributed by atoms with E-state index < -0.39 is 10.0 Å². The van der Waals surface area contributed by atoms with Gasteiger partial charge in [0.1, 0.15) is 0 Å². The molecule has 2 aromatic carbocycles. The maximum atomic E-state index is 12.5. The van der Waals surface area contributed by atoms with Gasteiger partial charge >= 0.3 is 0 Å². The first-order chi connectivity index (χ1) is 13.0. The summed E-state index contributed by atoms with van der Waals surface area (Å²) in [6, 6.07) is 18.7. The highest BCUT2D eigenvalue weighted by molar-refractivity contribution is 7.89. The van der Waals surface area contributed by atoms with Crippen LogP contribution in [0.15, 0.2) is 77.8 Å². The molecule has 0 saturated heterocycles. The average molecular weight is 381 g/mol. The quantitative estimate of drug-likeness (QED) is 0.687. The number of nitrogens with one attached hydrogen (secondary N) is 2. The summed E-state index contributed by atoms with van der Waals surface area (Å²) in [6.45, 7) is 1.85. The molecule has 0 fully saturated rings. The van der Waals surface area contributed by atoms with Crippen LogP contribution in [0.4, 0.5) is 5.69 Å². The number of carbonyl (C=O) groups is 1. The van der Waals surface area contributed by atoms with Crippen molar-refractivity contribution in [3.05, 3.63) is 89.7 Å². The lowest BCUT2D eigenvalue weighted by molar-refractivity contribution is 0.102. The second-order valence-electron chi connectivity index (χ2n) is 5.94. The highest BCUT2D eigenvalue weighted by atomic mass is 32.2. The van der Waals surface area contributed by atoms with Crippen molar-refractivity contribution < 1.29 is 13.2 Å². The van der Waals surface area contributed by atoms with Crippen LogP contribution in [0, 0.1) is 6.92 Å². The molecule has 3 rings (SSSR count). The predicted molar refractivity (Wildman–Crippen MR) is 104 cm³/mol. The third kappa shape index (κ3) is 4.78. The SMILES string of the molecule is Cc1cc(S(=O)(=O)NCc2ccccn2)ccc1NC(=O)c1ccccc1. The summed E-state index contributed by atoms with van der Waals surface area (Å²) in [5.41, 5.74) is 2.38. The van der Waals surface area contributed by atoms with E-state index in [1.807, 2.05) is 6.07 Å². The van der Waals surface area contributed by atoms with E-state index in [4.69, 9.17) is 0 Å². The molecule has 138 valence electrons. The van der Waals surface area contributed by atoms with E-state index in [9.17, 15) is 13.2 Å². The minimum atomic E-state index is -3.68. The van der Waals surface area contributed by atoms with Gasteiger partial charge in [0.05, 0.1) is 17.1 Å². The van der Waals surface area contributed by atoms with Gasteiger partial charge in [0.2, 0.25) is 10.0 Å². The van der Waals surface area contributed by atoms with Crippen LogP contribution >= 0.6 is 0 Å². The van der Waals surface area contributed by atoms with E-state index in [0.29, 0.717) is 22.5 Å². The molecule has 0 radical (unpaired) electrons. The molecule has 1 amide bonds. The van der Waals surface area contributed by atoms with Crippen LogP contribution in [0.25, 0.3) is 0 Å². The third-order valence-corrected chi connectivity index (χ3v) is 5.36. The molecular weight excluding hydrogens is 362 g/mol. The van der Waals surface area contributed by atoms with E-state index in [1.54, 1.807) is 61.7 Å². The predicted octanol–water partition coefficient (Wildman–Crippen LogP) is 3.12. The van der Waals surface area contributed by atoms with Gasteiger partial charge in [0.25, 0.3) is 5.91 Å². The number of carbonyl (C=O) groups excluding carboxylic acids is 1. The molecule has 2 N–H and O–H groups in total. The molecule has 0 bridgehead atoms. The summed E-state index contributed by atoms with van der Waals surface area (Å²) in [7, 11) is -3.68. The zero-order valence-corrected chi connectivity index (χ0v) is 15.5. The largest absolute Gasteiger partial charge is 0.322 e. The van der Waals surface area contributed by atoms with E-state index in [2.05, 4.69) is 15.0 Å². The van der Waals surface area contributed by atoms with Gasteiger partial charge in [-0.15, -0.1) is 0 Å². The van der Waals surface area contributed by atoms with Crippen molar-refractivity contribution >= 4 is 21.6 Å².